The molecule has 4 aromatic rings. The number of rotatable bonds is 9. The Labute approximate surface area is 214 Å². The first-order chi connectivity index (χ1) is 17.3. The summed E-state index contributed by atoms with van der Waals surface area (Å²) in [6.45, 7) is 0.556. The number of halogens is 1. The first kappa shape index (κ1) is 25.2. The van der Waals surface area contributed by atoms with Gasteiger partial charge in [0.2, 0.25) is 10.0 Å². The molecular formula is C26H23ClN4O4S. The third kappa shape index (κ3) is 7.03. The van der Waals surface area contributed by atoms with Crippen LogP contribution in [-0.4, -0.2) is 37.2 Å². The van der Waals surface area contributed by atoms with E-state index in [1.807, 2.05) is 18.2 Å². The van der Waals surface area contributed by atoms with Crippen LogP contribution in [0.2, 0.25) is 5.15 Å². The van der Waals surface area contributed by atoms with E-state index in [1.165, 1.54) is 11.8 Å². The van der Waals surface area contributed by atoms with Crippen molar-refractivity contribution in [3.8, 4) is 17.0 Å². The van der Waals surface area contributed by atoms with Gasteiger partial charge in [0, 0.05) is 23.2 Å². The molecule has 10 heteroatoms. The van der Waals surface area contributed by atoms with Crippen molar-refractivity contribution < 1.29 is 17.9 Å². The first-order valence-electron chi connectivity index (χ1n) is 11.0. The van der Waals surface area contributed by atoms with Crippen LogP contribution in [0.4, 0.5) is 11.5 Å². The molecule has 1 aromatic heterocycles. The molecular weight excluding hydrogens is 500 g/mol. The monoisotopic (exact) mass is 522 g/mol. The summed E-state index contributed by atoms with van der Waals surface area (Å²) in [6, 6.07) is 24.1. The van der Waals surface area contributed by atoms with Crippen LogP contribution in [0.3, 0.4) is 0 Å². The van der Waals surface area contributed by atoms with Crippen LogP contribution in [-0.2, 0) is 16.4 Å². The van der Waals surface area contributed by atoms with Crippen LogP contribution in [0.15, 0.2) is 85.1 Å². The number of sulfonamides is 1. The van der Waals surface area contributed by atoms with E-state index in [9.17, 15) is 13.2 Å². The molecule has 0 saturated carbocycles. The third-order valence-corrected chi connectivity index (χ3v) is 5.87. The van der Waals surface area contributed by atoms with E-state index in [0.29, 0.717) is 29.1 Å². The lowest BCUT2D eigenvalue weighted by molar-refractivity contribution is 0.102. The zero-order valence-corrected chi connectivity index (χ0v) is 20.9. The van der Waals surface area contributed by atoms with Crippen LogP contribution in [0.5, 0.6) is 5.75 Å². The van der Waals surface area contributed by atoms with Gasteiger partial charge in [-0.3, -0.25) is 9.52 Å². The Hall–Kier alpha value is -3.95. The number of nitrogens with zero attached hydrogens (tertiary/aromatic N) is 2. The third-order valence-electron chi connectivity index (χ3n) is 5.05. The summed E-state index contributed by atoms with van der Waals surface area (Å²) >= 11 is 6.08. The maximum absolute atomic E-state index is 12.8. The summed E-state index contributed by atoms with van der Waals surface area (Å²) < 4.78 is 30.8. The fourth-order valence-electron chi connectivity index (χ4n) is 3.34. The Morgan fingerprint density at radius 3 is 2.44 bits per heavy atom. The Balaban J connectivity index is 1.38. The first-order valence-corrected chi connectivity index (χ1v) is 13.2. The van der Waals surface area contributed by atoms with E-state index in [1.54, 1.807) is 48.5 Å². The second-order valence-electron chi connectivity index (χ2n) is 7.91. The lowest BCUT2D eigenvalue weighted by Gasteiger charge is -2.10. The van der Waals surface area contributed by atoms with Gasteiger partial charge in [-0.15, -0.1) is 0 Å². The standard InChI is InChI=1S/C26H23ClN4O4S/c1-36(33,34)31-25-24(27)30-23(17-28-25)19-8-5-9-20(16-19)26(32)29-21-10-12-22(13-11-21)35-15-14-18-6-3-2-4-7-18/h2-13,16-17H,14-15H2,1H3,(H,28,31)(H,29,32). The Morgan fingerprint density at radius 2 is 1.75 bits per heavy atom. The number of carbonyl (C=O) groups excluding carboxylic acids is 1. The van der Waals surface area contributed by atoms with Crippen molar-refractivity contribution in [1.82, 2.24) is 9.97 Å². The number of ether oxygens (including phenoxy) is 1. The molecule has 0 radical (unpaired) electrons. The van der Waals surface area contributed by atoms with Gasteiger partial charge in [-0.05, 0) is 42.0 Å². The van der Waals surface area contributed by atoms with Crippen molar-refractivity contribution in [2.45, 2.75) is 6.42 Å². The fourth-order valence-corrected chi connectivity index (χ4v) is 4.08. The Bertz CT molecular complexity index is 1460. The quantitative estimate of drug-likeness (QED) is 0.318. The second-order valence-corrected chi connectivity index (χ2v) is 10.0. The SMILES string of the molecule is CS(=O)(=O)Nc1ncc(-c2cccc(C(=O)Nc3ccc(OCCc4ccccc4)cc3)c2)nc1Cl. The highest BCUT2D eigenvalue weighted by atomic mass is 35.5. The molecule has 0 spiro atoms. The number of amides is 1. The van der Waals surface area contributed by atoms with Gasteiger partial charge in [0.15, 0.2) is 11.0 Å². The minimum atomic E-state index is -3.54. The molecule has 184 valence electrons. The summed E-state index contributed by atoms with van der Waals surface area (Å²) in [4.78, 5) is 21.0. The number of carbonyl (C=O) groups is 1. The molecule has 0 aliphatic rings. The van der Waals surface area contributed by atoms with Crippen LogP contribution >= 0.6 is 11.6 Å². The number of hydrogen-bond donors (Lipinski definition) is 2. The molecule has 0 fully saturated rings. The zero-order chi connectivity index (χ0) is 25.5. The van der Waals surface area contributed by atoms with Gasteiger partial charge in [-0.2, -0.15) is 0 Å². The van der Waals surface area contributed by atoms with Gasteiger partial charge < -0.3 is 10.1 Å². The summed E-state index contributed by atoms with van der Waals surface area (Å²) in [5, 5.41) is 2.76. The molecule has 0 aliphatic heterocycles. The molecule has 2 N–H and O–H groups in total. The van der Waals surface area contributed by atoms with Gasteiger partial charge in [-0.25, -0.2) is 18.4 Å². The summed E-state index contributed by atoms with van der Waals surface area (Å²) in [5.74, 6) is 0.350. The molecule has 0 bridgehead atoms. The fraction of sp³-hybridized carbons (Fsp3) is 0.115. The molecule has 1 heterocycles. The number of hydrogen-bond acceptors (Lipinski definition) is 6. The van der Waals surface area contributed by atoms with Crippen LogP contribution in [0, 0.1) is 0 Å². The molecule has 0 atom stereocenters. The van der Waals surface area contributed by atoms with Crippen molar-refractivity contribution in [3.63, 3.8) is 0 Å². The van der Waals surface area contributed by atoms with Crippen molar-refractivity contribution in [2.75, 3.05) is 22.9 Å². The predicted octanol–water partition coefficient (Wildman–Crippen LogP) is 5.04. The van der Waals surface area contributed by atoms with Crippen LogP contribution in [0.1, 0.15) is 15.9 Å². The lowest BCUT2D eigenvalue weighted by Crippen LogP contribution is -2.12. The number of anilines is 2. The average Bonchev–Trinajstić information content (AvgIpc) is 2.86. The number of benzene rings is 3. The van der Waals surface area contributed by atoms with Crippen LogP contribution in [0.25, 0.3) is 11.3 Å². The van der Waals surface area contributed by atoms with Crippen molar-refractivity contribution in [1.29, 1.82) is 0 Å². The zero-order valence-electron chi connectivity index (χ0n) is 19.3. The van der Waals surface area contributed by atoms with Crippen molar-refractivity contribution in [2.24, 2.45) is 0 Å². The average molecular weight is 523 g/mol. The van der Waals surface area contributed by atoms with E-state index in [-0.39, 0.29) is 16.9 Å². The van der Waals surface area contributed by atoms with Crippen molar-refractivity contribution >= 4 is 39.0 Å². The molecule has 0 aliphatic carbocycles. The van der Waals surface area contributed by atoms with Gasteiger partial charge in [0.05, 0.1) is 24.8 Å². The highest BCUT2D eigenvalue weighted by molar-refractivity contribution is 7.92. The van der Waals surface area contributed by atoms with E-state index >= 15 is 0 Å². The topological polar surface area (TPSA) is 110 Å². The van der Waals surface area contributed by atoms with Crippen LogP contribution < -0.4 is 14.8 Å². The molecule has 8 nitrogen and oxygen atoms in total. The molecule has 1 amide bonds. The maximum atomic E-state index is 12.8. The van der Waals surface area contributed by atoms with Crippen molar-refractivity contribution in [3.05, 3.63) is 101 Å². The number of nitrogens with one attached hydrogen (secondary N) is 2. The van der Waals surface area contributed by atoms with Gasteiger partial charge in [0.25, 0.3) is 5.91 Å². The molecule has 3 aromatic carbocycles. The smallest absolute Gasteiger partial charge is 0.255 e. The maximum Gasteiger partial charge on any atom is 0.255 e. The Morgan fingerprint density at radius 1 is 1.00 bits per heavy atom. The van der Waals surface area contributed by atoms with Gasteiger partial charge in [-0.1, -0.05) is 54.1 Å². The van der Waals surface area contributed by atoms with E-state index < -0.39 is 10.0 Å². The van der Waals surface area contributed by atoms with E-state index in [2.05, 4.69) is 32.1 Å². The van der Waals surface area contributed by atoms with E-state index in [0.717, 1.165) is 18.4 Å². The largest absolute Gasteiger partial charge is 0.493 e. The molecule has 0 unspecified atom stereocenters. The summed E-state index contributed by atoms with van der Waals surface area (Å²) in [5.41, 5.74) is 3.24. The predicted molar refractivity (Wildman–Crippen MR) is 141 cm³/mol. The summed E-state index contributed by atoms with van der Waals surface area (Å²) in [7, 11) is -3.54. The number of aromatic nitrogens is 2. The van der Waals surface area contributed by atoms with E-state index in [4.69, 9.17) is 16.3 Å². The Kier molecular flexibility index (Phi) is 7.82. The highest BCUT2D eigenvalue weighted by Crippen LogP contribution is 2.24. The van der Waals surface area contributed by atoms with Gasteiger partial charge >= 0.3 is 0 Å². The second kappa shape index (κ2) is 11.2. The molecule has 0 saturated heterocycles. The molecule has 4 rings (SSSR count). The normalized spacial score (nSPS) is 11.1. The lowest BCUT2D eigenvalue weighted by atomic mass is 10.1. The molecule has 36 heavy (non-hydrogen) atoms. The highest BCUT2D eigenvalue weighted by Gasteiger charge is 2.13. The minimum Gasteiger partial charge on any atom is -0.493 e. The van der Waals surface area contributed by atoms with Gasteiger partial charge in [0.1, 0.15) is 5.75 Å². The minimum absolute atomic E-state index is 0.0655. The summed E-state index contributed by atoms with van der Waals surface area (Å²) in [6.07, 6.45) is 3.18.